The van der Waals surface area contributed by atoms with E-state index in [2.05, 4.69) is 5.32 Å². The van der Waals surface area contributed by atoms with Crippen molar-refractivity contribution in [3.05, 3.63) is 53.1 Å². The van der Waals surface area contributed by atoms with Gasteiger partial charge in [-0.1, -0.05) is 29.8 Å². The van der Waals surface area contributed by atoms with Gasteiger partial charge in [-0.2, -0.15) is 0 Å². The van der Waals surface area contributed by atoms with Gasteiger partial charge in [-0.3, -0.25) is 9.59 Å². The number of rotatable bonds is 6. The smallest absolute Gasteiger partial charge is 0.226 e. The summed E-state index contributed by atoms with van der Waals surface area (Å²) in [6, 6.07) is 11.4. The molecule has 0 atom stereocenters. The van der Waals surface area contributed by atoms with Crippen molar-refractivity contribution in [1.82, 2.24) is 0 Å². The Kier molecular flexibility index (Phi) is 6.39. The maximum atomic E-state index is 12.4. The van der Waals surface area contributed by atoms with Gasteiger partial charge in [0, 0.05) is 25.6 Å². The third kappa shape index (κ3) is 4.63. The number of nitrogens with zero attached hydrogens (tertiary/aromatic N) is 1. The molecule has 0 fully saturated rings. The van der Waals surface area contributed by atoms with Crippen LogP contribution in [0.4, 0.5) is 11.4 Å². The molecule has 5 heteroatoms. The monoisotopic (exact) mass is 354 g/mol. The number of carbonyl (C=O) groups excluding carboxylic acids is 2. The quantitative estimate of drug-likeness (QED) is 0.853. The Morgan fingerprint density at radius 3 is 2.27 bits per heavy atom. The summed E-state index contributed by atoms with van der Waals surface area (Å²) in [5, 5.41) is 2.97. The van der Waals surface area contributed by atoms with Crippen LogP contribution < -0.4 is 15.0 Å². The number of aryl methyl sites for hydroxylation is 3. The van der Waals surface area contributed by atoms with Crippen molar-refractivity contribution in [2.45, 2.75) is 34.1 Å². The minimum absolute atomic E-state index is 0.124. The van der Waals surface area contributed by atoms with Crippen LogP contribution in [0.25, 0.3) is 0 Å². The van der Waals surface area contributed by atoms with E-state index in [4.69, 9.17) is 4.74 Å². The number of anilines is 2. The van der Waals surface area contributed by atoms with Gasteiger partial charge in [-0.25, -0.2) is 0 Å². The van der Waals surface area contributed by atoms with Gasteiger partial charge in [0.15, 0.2) is 0 Å². The number of hydrogen-bond acceptors (Lipinski definition) is 3. The Hall–Kier alpha value is -2.82. The number of para-hydroxylation sites is 2. The van der Waals surface area contributed by atoms with E-state index in [1.165, 1.54) is 6.92 Å². The summed E-state index contributed by atoms with van der Waals surface area (Å²) in [4.78, 5) is 26.1. The van der Waals surface area contributed by atoms with Gasteiger partial charge in [-0.05, 0) is 44.0 Å². The van der Waals surface area contributed by atoms with E-state index in [1.807, 2.05) is 51.1 Å². The predicted molar refractivity (Wildman–Crippen MR) is 105 cm³/mol. The van der Waals surface area contributed by atoms with Crippen molar-refractivity contribution < 1.29 is 14.3 Å². The SMILES string of the molecule is COc1ccccc1N(CCC(=O)Nc1c(C)cc(C)cc1C)C(C)=O. The fourth-order valence-electron chi connectivity index (χ4n) is 3.09. The first-order valence-corrected chi connectivity index (χ1v) is 8.62. The molecule has 138 valence electrons. The van der Waals surface area contributed by atoms with Crippen LogP contribution in [0.1, 0.15) is 30.0 Å². The summed E-state index contributed by atoms with van der Waals surface area (Å²) in [6.45, 7) is 7.76. The van der Waals surface area contributed by atoms with Crippen LogP contribution in [0.5, 0.6) is 5.75 Å². The van der Waals surface area contributed by atoms with Crippen LogP contribution in [0.3, 0.4) is 0 Å². The molecule has 0 spiro atoms. The zero-order valence-corrected chi connectivity index (χ0v) is 16.1. The van der Waals surface area contributed by atoms with Crippen molar-refractivity contribution >= 4 is 23.2 Å². The Morgan fingerprint density at radius 1 is 1.08 bits per heavy atom. The lowest BCUT2D eigenvalue weighted by Crippen LogP contribution is -2.32. The highest BCUT2D eigenvalue weighted by atomic mass is 16.5. The van der Waals surface area contributed by atoms with Gasteiger partial charge in [0.05, 0.1) is 12.8 Å². The van der Waals surface area contributed by atoms with Crippen LogP contribution in [-0.4, -0.2) is 25.5 Å². The summed E-state index contributed by atoms with van der Waals surface area (Å²) in [7, 11) is 1.56. The molecular weight excluding hydrogens is 328 g/mol. The molecule has 2 rings (SSSR count). The van der Waals surface area contributed by atoms with E-state index < -0.39 is 0 Å². The average molecular weight is 354 g/mol. The van der Waals surface area contributed by atoms with Gasteiger partial charge in [-0.15, -0.1) is 0 Å². The molecule has 2 aromatic carbocycles. The minimum Gasteiger partial charge on any atom is -0.495 e. The van der Waals surface area contributed by atoms with Gasteiger partial charge < -0.3 is 15.0 Å². The summed E-state index contributed by atoms with van der Waals surface area (Å²) >= 11 is 0. The molecule has 0 aliphatic carbocycles. The third-order valence-electron chi connectivity index (χ3n) is 4.26. The van der Waals surface area contributed by atoms with Gasteiger partial charge in [0.2, 0.25) is 11.8 Å². The zero-order valence-electron chi connectivity index (χ0n) is 16.1. The van der Waals surface area contributed by atoms with Crippen LogP contribution >= 0.6 is 0 Å². The number of methoxy groups -OCH3 is 1. The molecule has 0 heterocycles. The molecule has 1 N–H and O–H groups in total. The molecule has 5 nitrogen and oxygen atoms in total. The first kappa shape index (κ1) is 19.5. The van der Waals surface area contributed by atoms with Gasteiger partial charge >= 0.3 is 0 Å². The van der Waals surface area contributed by atoms with Crippen LogP contribution in [0.2, 0.25) is 0 Å². The largest absolute Gasteiger partial charge is 0.495 e. The maximum absolute atomic E-state index is 12.4. The fraction of sp³-hybridized carbons (Fsp3) is 0.333. The summed E-state index contributed by atoms with van der Waals surface area (Å²) in [5.74, 6) is 0.347. The lowest BCUT2D eigenvalue weighted by molar-refractivity contribution is -0.117. The van der Waals surface area contributed by atoms with E-state index >= 15 is 0 Å². The Labute approximate surface area is 155 Å². The maximum Gasteiger partial charge on any atom is 0.226 e. The first-order valence-electron chi connectivity index (χ1n) is 8.62. The number of nitrogens with one attached hydrogen (secondary N) is 1. The van der Waals surface area contributed by atoms with E-state index in [1.54, 1.807) is 18.1 Å². The summed E-state index contributed by atoms with van der Waals surface area (Å²) in [5.41, 5.74) is 4.73. The molecule has 0 unspecified atom stereocenters. The van der Waals surface area contributed by atoms with Gasteiger partial charge in [0.1, 0.15) is 5.75 Å². The highest BCUT2D eigenvalue weighted by molar-refractivity contribution is 5.96. The number of ether oxygens (including phenoxy) is 1. The molecule has 0 saturated heterocycles. The van der Waals surface area contributed by atoms with Gasteiger partial charge in [0.25, 0.3) is 0 Å². The lowest BCUT2D eigenvalue weighted by atomic mass is 10.0. The third-order valence-corrected chi connectivity index (χ3v) is 4.26. The molecule has 0 aliphatic rings. The molecule has 0 saturated carbocycles. The average Bonchev–Trinajstić information content (AvgIpc) is 2.58. The standard InChI is InChI=1S/C21H26N2O3/c1-14-12-15(2)21(16(3)13-14)22-20(25)10-11-23(17(4)24)18-8-6-7-9-19(18)26-5/h6-9,12-13H,10-11H2,1-5H3,(H,22,25). The van der Waals surface area contributed by atoms with Crippen LogP contribution in [0.15, 0.2) is 36.4 Å². The summed E-state index contributed by atoms with van der Waals surface area (Å²) < 4.78 is 5.33. The molecule has 0 aliphatic heterocycles. The van der Waals surface area contributed by atoms with Crippen molar-refractivity contribution in [2.75, 3.05) is 23.9 Å². The second-order valence-electron chi connectivity index (χ2n) is 6.41. The zero-order chi connectivity index (χ0) is 19.3. The first-order chi connectivity index (χ1) is 12.3. The second kappa shape index (κ2) is 8.52. The lowest BCUT2D eigenvalue weighted by Gasteiger charge is -2.23. The molecule has 0 bridgehead atoms. The molecular formula is C21H26N2O3. The van der Waals surface area contributed by atoms with Crippen molar-refractivity contribution in [3.8, 4) is 5.75 Å². The molecule has 0 radical (unpaired) electrons. The highest BCUT2D eigenvalue weighted by Crippen LogP contribution is 2.28. The molecule has 2 aromatic rings. The minimum atomic E-state index is -0.134. The Morgan fingerprint density at radius 2 is 1.69 bits per heavy atom. The number of amides is 2. The van der Waals surface area contributed by atoms with Crippen molar-refractivity contribution in [2.24, 2.45) is 0 Å². The van der Waals surface area contributed by atoms with Crippen molar-refractivity contribution in [3.63, 3.8) is 0 Å². The predicted octanol–water partition coefficient (Wildman–Crippen LogP) is 4.00. The van der Waals surface area contributed by atoms with E-state index in [-0.39, 0.29) is 24.8 Å². The summed E-state index contributed by atoms with van der Waals surface area (Å²) in [6.07, 6.45) is 0.199. The van der Waals surface area contributed by atoms with Crippen LogP contribution in [-0.2, 0) is 9.59 Å². The fourth-order valence-corrected chi connectivity index (χ4v) is 3.09. The second-order valence-corrected chi connectivity index (χ2v) is 6.41. The van der Waals surface area contributed by atoms with Crippen LogP contribution in [0, 0.1) is 20.8 Å². The normalized spacial score (nSPS) is 10.3. The number of benzene rings is 2. The molecule has 26 heavy (non-hydrogen) atoms. The van der Waals surface area contributed by atoms with Crippen molar-refractivity contribution in [1.29, 1.82) is 0 Å². The Balaban J connectivity index is 2.10. The van der Waals surface area contributed by atoms with E-state index in [9.17, 15) is 9.59 Å². The highest BCUT2D eigenvalue weighted by Gasteiger charge is 2.17. The Bertz CT molecular complexity index is 792. The van der Waals surface area contributed by atoms with E-state index in [0.29, 0.717) is 11.4 Å². The molecule has 0 aromatic heterocycles. The number of carbonyl (C=O) groups is 2. The topological polar surface area (TPSA) is 58.6 Å². The molecule has 2 amide bonds. The number of hydrogen-bond donors (Lipinski definition) is 1. The van der Waals surface area contributed by atoms with E-state index in [0.717, 1.165) is 22.4 Å².